The number of amides is 1. The summed E-state index contributed by atoms with van der Waals surface area (Å²) in [4.78, 5) is 14.5. The molecule has 0 aromatic carbocycles. The van der Waals surface area contributed by atoms with Crippen LogP contribution in [0.5, 0.6) is 0 Å². The molecule has 1 atom stereocenters. The Labute approximate surface area is 412 Å². The first-order valence-corrected chi connectivity index (χ1v) is 34.9. The fourth-order valence-electron chi connectivity index (χ4n) is 7.62. The monoisotopic (exact) mass is 1020 g/mol. The number of hydrogen-bond donors (Lipinski definition) is 2. The Kier molecular flexibility index (Phi) is 42.9. The minimum absolute atomic E-state index is 0.0222. The summed E-state index contributed by atoms with van der Waals surface area (Å²) in [6.07, 6.45) is 13.2. The van der Waals surface area contributed by atoms with Crippen LogP contribution in [-0.2, 0) is 55.7 Å². The molecule has 67 heavy (non-hydrogen) atoms. The largest absolute Gasteiger partial charge is 0.437 e. The van der Waals surface area contributed by atoms with E-state index in [9.17, 15) is 9.90 Å². The van der Waals surface area contributed by atoms with Crippen molar-refractivity contribution in [2.45, 2.75) is 141 Å². The number of rotatable bonds is 52. The van der Waals surface area contributed by atoms with Gasteiger partial charge < -0.3 is 70.5 Å². The van der Waals surface area contributed by atoms with Gasteiger partial charge in [-0.2, -0.15) is 0 Å². The summed E-state index contributed by atoms with van der Waals surface area (Å²) >= 11 is 0. The second kappa shape index (κ2) is 43.2. The molecule has 0 spiro atoms. The molecule has 0 aliphatic carbocycles. The van der Waals surface area contributed by atoms with Crippen LogP contribution in [0, 0.1) is 0 Å². The third-order valence-corrected chi connectivity index (χ3v) is 22.5. The van der Waals surface area contributed by atoms with Crippen molar-refractivity contribution in [3.8, 4) is 0 Å². The summed E-state index contributed by atoms with van der Waals surface area (Å²) in [5.74, 6) is 0.222. The number of ether oxygens (including phenoxy) is 9. The smallest absolute Gasteiger partial charge is 0.311 e. The summed E-state index contributed by atoms with van der Waals surface area (Å²) < 4.78 is 64.1. The molecule has 0 radical (unpaired) electrons. The van der Waals surface area contributed by atoms with E-state index in [1.54, 1.807) is 0 Å². The SMILES string of the molecule is CCCCCCCCCCCC(=O)N(C)CC[N+](C)(C)CC(O)COCCC[Si](C)(C)O[Si](C)(C)O[Si](C)(C)CCCOCCOCCOCCOCCOCCOCCOCCOCCO. The van der Waals surface area contributed by atoms with Crippen molar-refractivity contribution in [2.24, 2.45) is 0 Å². The van der Waals surface area contributed by atoms with E-state index in [0.29, 0.717) is 143 Å². The van der Waals surface area contributed by atoms with Crippen molar-refractivity contribution < 1.29 is 70.4 Å². The van der Waals surface area contributed by atoms with Crippen LogP contribution in [0.25, 0.3) is 0 Å². The minimum Gasteiger partial charge on any atom is -0.437 e. The van der Waals surface area contributed by atoms with Gasteiger partial charge in [-0.1, -0.05) is 58.3 Å². The summed E-state index contributed by atoms with van der Waals surface area (Å²) in [5, 5.41) is 19.4. The zero-order chi connectivity index (χ0) is 50.0. The van der Waals surface area contributed by atoms with Gasteiger partial charge in [0, 0.05) is 26.7 Å². The zero-order valence-electron chi connectivity index (χ0n) is 44.7. The fraction of sp³-hybridized carbons (Fsp3) is 0.979. The number of aliphatic hydroxyl groups is 2. The van der Waals surface area contributed by atoms with E-state index in [1.165, 1.54) is 44.9 Å². The first-order chi connectivity index (χ1) is 31.9. The highest BCUT2D eigenvalue weighted by molar-refractivity contribution is 6.87. The van der Waals surface area contributed by atoms with Gasteiger partial charge in [-0.15, -0.1) is 0 Å². The molecule has 0 bridgehead atoms. The number of quaternary nitrogens is 1. The van der Waals surface area contributed by atoms with Crippen LogP contribution in [0.1, 0.15) is 84.0 Å². The van der Waals surface area contributed by atoms with Crippen LogP contribution < -0.4 is 0 Å². The topological polar surface area (TPSA) is 162 Å². The van der Waals surface area contributed by atoms with Gasteiger partial charge in [-0.3, -0.25) is 4.79 Å². The predicted octanol–water partition coefficient (Wildman–Crippen LogP) is 6.87. The highest BCUT2D eigenvalue weighted by Gasteiger charge is 2.39. The maximum absolute atomic E-state index is 12.7. The molecule has 0 aliphatic heterocycles. The number of carbonyl (C=O) groups is 1. The molecular weight excluding hydrogens is 913 g/mol. The summed E-state index contributed by atoms with van der Waals surface area (Å²) in [6, 6.07) is 1.98. The molecule has 0 saturated carbocycles. The molecule has 16 nitrogen and oxygen atoms in total. The molecule has 0 fully saturated rings. The predicted molar refractivity (Wildman–Crippen MR) is 275 cm³/mol. The molecule has 0 aliphatic rings. The normalized spacial score (nSPS) is 13.2. The van der Waals surface area contributed by atoms with Gasteiger partial charge >= 0.3 is 8.56 Å². The van der Waals surface area contributed by atoms with Gasteiger partial charge in [0.1, 0.15) is 12.6 Å². The van der Waals surface area contributed by atoms with Gasteiger partial charge in [-0.25, -0.2) is 0 Å². The van der Waals surface area contributed by atoms with Crippen LogP contribution in [0.15, 0.2) is 0 Å². The van der Waals surface area contributed by atoms with Crippen molar-refractivity contribution in [1.29, 1.82) is 0 Å². The highest BCUT2D eigenvalue weighted by Crippen LogP contribution is 2.26. The lowest BCUT2D eigenvalue weighted by atomic mass is 10.1. The molecule has 0 rings (SSSR count). The van der Waals surface area contributed by atoms with E-state index in [4.69, 9.17) is 56.0 Å². The van der Waals surface area contributed by atoms with E-state index in [0.717, 1.165) is 44.3 Å². The third-order valence-electron chi connectivity index (χ3n) is 11.0. The van der Waals surface area contributed by atoms with E-state index < -0.39 is 31.3 Å². The van der Waals surface area contributed by atoms with Crippen molar-refractivity contribution in [3.05, 3.63) is 0 Å². The molecule has 0 heterocycles. The molecule has 1 amide bonds. The minimum atomic E-state index is -2.33. The Balaban J connectivity index is 3.90. The molecular formula is C48H105N2O14Si3+. The number of hydrogen-bond acceptors (Lipinski definition) is 14. The maximum Gasteiger partial charge on any atom is 0.311 e. The number of nitrogens with zero attached hydrogens (tertiary/aromatic N) is 2. The van der Waals surface area contributed by atoms with Gasteiger partial charge in [0.15, 0.2) is 16.6 Å². The summed E-state index contributed by atoms with van der Waals surface area (Å²) in [7, 11) is -0.136. The average molecular weight is 1020 g/mol. The second-order valence-corrected chi connectivity index (χ2v) is 32.4. The highest BCUT2D eigenvalue weighted by atomic mass is 28.5. The fourth-order valence-corrected chi connectivity index (χ4v) is 21.6. The van der Waals surface area contributed by atoms with E-state index in [1.807, 2.05) is 11.9 Å². The standard InChI is InChI=1S/C48H105N2O14Si3/c1-11-12-13-14-15-16-17-18-19-22-48(53)49(2)23-24-50(3,4)45-47(52)46-62-27-21-44-66(7,8)64-67(9,10)63-65(5,6)43-20-26-54-29-31-56-33-35-58-37-39-60-41-42-61-40-38-59-36-34-57-32-30-55-28-25-51/h47,51-52H,11-46H2,1-10H3/q+1. The number of carbonyl (C=O) groups excluding carboxylic acids is 1. The Morgan fingerprint density at radius 2 is 0.881 bits per heavy atom. The van der Waals surface area contributed by atoms with Crippen molar-refractivity contribution in [2.75, 3.05) is 166 Å². The Bertz CT molecular complexity index is 1120. The summed E-state index contributed by atoms with van der Waals surface area (Å²) in [5.41, 5.74) is 0. The van der Waals surface area contributed by atoms with E-state index >= 15 is 0 Å². The molecule has 402 valence electrons. The van der Waals surface area contributed by atoms with Crippen molar-refractivity contribution in [3.63, 3.8) is 0 Å². The van der Waals surface area contributed by atoms with E-state index in [-0.39, 0.29) is 12.5 Å². The van der Waals surface area contributed by atoms with Crippen LogP contribution in [0.2, 0.25) is 51.4 Å². The van der Waals surface area contributed by atoms with Crippen LogP contribution in [-0.4, -0.2) is 223 Å². The molecule has 1 unspecified atom stereocenters. The van der Waals surface area contributed by atoms with Gasteiger partial charge in [0.05, 0.1) is 140 Å². The average Bonchev–Trinajstić information content (AvgIpc) is 3.25. The molecule has 2 N–H and O–H groups in total. The number of likely N-dealkylation sites (N-methyl/N-ethyl adjacent to an activating group) is 2. The maximum atomic E-state index is 12.7. The Hall–Kier alpha value is -0.439. The van der Waals surface area contributed by atoms with Gasteiger partial charge in [0.25, 0.3) is 0 Å². The summed E-state index contributed by atoms with van der Waals surface area (Å²) in [6.45, 7) is 26.8. The van der Waals surface area contributed by atoms with Crippen LogP contribution >= 0.6 is 0 Å². The molecule has 19 heteroatoms. The molecule has 0 aromatic rings. The molecule has 0 saturated heterocycles. The van der Waals surface area contributed by atoms with Gasteiger partial charge in [0.2, 0.25) is 5.91 Å². The molecule has 0 aromatic heterocycles. The first kappa shape index (κ1) is 66.6. The Morgan fingerprint density at radius 3 is 1.28 bits per heavy atom. The number of unbranched alkanes of at least 4 members (excludes halogenated alkanes) is 8. The lowest BCUT2D eigenvalue weighted by molar-refractivity contribution is -0.892. The lowest BCUT2D eigenvalue weighted by Gasteiger charge is -2.38. The third kappa shape index (κ3) is 46.4. The number of aliphatic hydroxyl groups excluding tert-OH is 2. The quantitative estimate of drug-likeness (QED) is 0.0369. The van der Waals surface area contributed by atoms with E-state index in [2.05, 4.69) is 60.3 Å². The van der Waals surface area contributed by atoms with Crippen molar-refractivity contribution in [1.82, 2.24) is 4.90 Å². The van der Waals surface area contributed by atoms with Crippen molar-refractivity contribution >= 4 is 31.1 Å². The zero-order valence-corrected chi connectivity index (χ0v) is 47.7. The lowest BCUT2D eigenvalue weighted by Crippen LogP contribution is -2.52. The second-order valence-electron chi connectivity index (χ2n) is 19.9. The first-order valence-electron chi connectivity index (χ1n) is 25.9. The van der Waals surface area contributed by atoms with Crippen LogP contribution in [0.4, 0.5) is 0 Å². The van der Waals surface area contributed by atoms with Crippen LogP contribution in [0.3, 0.4) is 0 Å². The Morgan fingerprint density at radius 1 is 0.522 bits per heavy atom. The van der Waals surface area contributed by atoms with Gasteiger partial charge in [-0.05, 0) is 70.6 Å².